The summed E-state index contributed by atoms with van der Waals surface area (Å²) in [6, 6.07) is 15.0. The topological polar surface area (TPSA) is 32.3 Å². The third kappa shape index (κ3) is 3.56. The monoisotopic (exact) mass is 243 g/mol. The molecule has 0 radical (unpaired) electrons. The van der Waals surface area contributed by atoms with Crippen molar-refractivity contribution in [1.29, 1.82) is 0 Å². The van der Waals surface area contributed by atoms with Gasteiger partial charge in [0.05, 0.1) is 0 Å². The van der Waals surface area contributed by atoms with Crippen molar-refractivity contribution in [3.63, 3.8) is 0 Å². The van der Waals surface area contributed by atoms with Gasteiger partial charge in [-0.1, -0.05) is 42.5 Å². The molecular formula is C16H21NO. The fourth-order valence-electron chi connectivity index (χ4n) is 2.22. The highest BCUT2D eigenvalue weighted by molar-refractivity contribution is 5.85. The van der Waals surface area contributed by atoms with Gasteiger partial charge in [-0.2, -0.15) is 0 Å². The van der Waals surface area contributed by atoms with E-state index in [-0.39, 0.29) is 0 Å². The van der Waals surface area contributed by atoms with Crippen LogP contribution in [0.15, 0.2) is 42.5 Å². The molecule has 0 atom stereocenters. The summed E-state index contributed by atoms with van der Waals surface area (Å²) in [5.74, 6) is 0. The molecule has 2 N–H and O–H groups in total. The predicted molar refractivity (Wildman–Crippen MR) is 76.8 cm³/mol. The van der Waals surface area contributed by atoms with Crippen molar-refractivity contribution < 1.29 is 5.11 Å². The Morgan fingerprint density at radius 1 is 0.889 bits per heavy atom. The molecule has 2 aromatic rings. The molecule has 2 heteroatoms. The van der Waals surface area contributed by atoms with E-state index >= 15 is 0 Å². The third-order valence-corrected chi connectivity index (χ3v) is 3.21. The highest BCUT2D eigenvalue weighted by atomic mass is 16.2. The van der Waals surface area contributed by atoms with Crippen LogP contribution in [0.4, 0.5) is 0 Å². The normalized spacial score (nSPS) is 10.9. The van der Waals surface area contributed by atoms with Crippen LogP contribution in [-0.4, -0.2) is 24.8 Å². The van der Waals surface area contributed by atoms with Crippen molar-refractivity contribution >= 4 is 10.8 Å². The zero-order chi connectivity index (χ0) is 12.6. The van der Waals surface area contributed by atoms with Crippen molar-refractivity contribution in [3.8, 4) is 0 Å². The van der Waals surface area contributed by atoms with Crippen LogP contribution in [0.3, 0.4) is 0 Å². The molecule has 0 aliphatic carbocycles. The maximum Gasteiger partial charge on any atom is 0.0431 e. The summed E-state index contributed by atoms with van der Waals surface area (Å²) >= 11 is 0. The molecule has 0 fully saturated rings. The lowest BCUT2D eigenvalue weighted by atomic mass is 10.0. The zero-order valence-corrected chi connectivity index (χ0v) is 10.7. The summed E-state index contributed by atoms with van der Waals surface area (Å²) in [5.41, 5.74) is 1.41. The van der Waals surface area contributed by atoms with Crippen LogP contribution in [0, 0.1) is 0 Å². The van der Waals surface area contributed by atoms with Crippen molar-refractivity contribution in [2.45, 2.75) is 19.3 Å². The van der Waals surface area contributed by atoms with Gasteiger partial charge >= 0.3 is 0 Å². The third-order valence-electron chi connectivity index (χ3n) is 3.21. The molecule has 0 saturated carbocycles. The van der Waals surface area contributed by atoms with Gasteiger partial charge in [-0.15, -0.1) is 0 Å². The second-order valence-corrected chi connectivity index (χ2v) is 4.57. The highest BCUT2D eigenvalue weighted by Gasteiger charge is 1.99. The van der Waals surface area contributed by atoms with Gasteiger partial charge < -0.3 is 10.4 Å². The number of benzene rings is 2. The fraction of sp³-hybridized carbons (Fsp3) is 0.375. The minimum atomic E-state index is 0.297. The molecule has 0 aliphatic heterocycles. The lowest BCUT2D eigenvalue weighted by Crippen LogP contribution is -2.18. The van der Waals surface area contributed by atoms with E-state index in [1.54, 1.807) is 0 Å². The first-order valence-corrected chi connectivity index (χ1v) is 6.70. The first-order valence-electron chi connectivity index (χ1n) is 6.70. The zero-order valence-electron chi connectivity index (χ0n) is 10.7. The van der Waals surface area contributed by atoms with E-state index in [1.807, 2.05) is 0 Å². The number of hydrogen-bond acceptors (Lipinski definition) is 2. The van der Waals surface area contributed by atoms with Crippen LogP contribution in [0.5, 0.6) is 0 Å². The molecule has 0 saturated heterocycles. The van der Waals surface area contributed by atoms with Gasteiger partial charge in [0, 0.05) is 6.61 Å². The molecule has 0 aromatic heterocycles. The summed E-state index contributed by atoms with van der Waals surface area (Å²) in [7, 11) is 0. The number of aliphatic hydroxyl groups is 1. The summed E-state index contributed by atoms with van der Waals surface area (Å²) in [4.78, 5) is 0. The average molecular weight is 243 g/mol. The number of aliphatic hydroxyl groups excluding tert-OH is 1. The van der Waals surface area contributed by atoms with Gasteiger partial charge in [0.1, 0.15) is 0 Å². The molecule has 0 spiro atoms. The first-order chi connectivity index (χ1) is 8.92. The maximum absolute atomic E-state index is 8.69. The molecule has 0 amide bonds. The quantitative estimate of drug-likeness (QED) is 0.733. The van der Waals surface area contributed by atoms with Crippen LogP contribution in [-0.2, 0) is 6.42 Å². The number of unbranched alkanes of at least 4 members (excludes halogenated alkanes) is 1. The maximum atomic E-state index is 8.69. The SMILES string of the molecule is OCCCCNCCc1cccc2ccccc12. The standard InChI is InChI=1S/C16H21NO/c18-13-4-3-11-17-12-10-15-8-5-7-14-6-1-2-9-16(14)15/h1-2,5-9,17-18H,3-4,10-13H2. The molecule has 0 unspecified atom stereocenters. The smallest absolute Gasteiger partial charge is 0.0431 e. The molecule has 18 heavy (non-hydrogen) atoms. The van der Waals surface area contributed by atoms with E-state index in [2.05, 4.69) is 47.8 Å². The molecular weight excluding hydrogens is 222 g/mol. The van der Waals surface area contributed by atoms with Gasteiger partial charge in [-0.25, -0.2) is 0 Å². The number of hydrogen-bond donors (Lipinski definition) is 2. The lowest BCUT2D eigenvalue weighted by molar-refractivity contribution is 0.284. The van der Waals surface area contributed by atoms with Gasteiger partial charge in [0.15, 0.2) is 0 Å². The Morgan fingerprint density at radius 2 is 1.72 bits per heavy atom. The summed E-state index contributed by atoms with van der Waals surface area (Å²) in [6.07, 6.45) is 2.99. The average Bonchev–Trinajstić information content (AvgIpc) is 2.43. The molecule has 2 nitrogen and oxygen atoms in total. The van der Waals surface area contributed by atoms with Gasteiger partial charge in [-0.3, -0.25) is 0 Å². The Hall–Kier alpha value is -1.38. The molecule has 0 bridgehead atoms. The molecule has 96 valence electrons. The summed E-state index contributed by atoms with van der Waals surface area (Å²) in [6.45, 7) is 2.29. The van der Waals surface area contributed by atoms with Crippen molar-refractivity contribution in [2.75, 3.05) is 19.7 Å². The highest BCUT2D eigenvalue weighted by Crippen LogP contribution is 2.18. The van der Waals surface area contributed by atoms with Gasteiger partial charge in [0.25, 0.3) is 0 Å². The first kappa shape index (κ1) is 13.1. The fourth-order valence-corrected chi connectivity index (χ4v) is 2.22. The number of fused-ring (bicyclic) bond motifs is 1. The van der Waals surface area contributed by atoms with E-state index in [0.717, 1.165) is 32.4 Å². The minimum Gasteiger partial charge on any atom is -0.396 e. The Kier molecular flexibility index (Phi) is 5.18. The van der Waals surface area contributed by atoms with Crippen molar-refractivity contribution in [1.82, 2.24) is 5.32 Å². The Balaban J connectivity index is 1.88. The predicted octanol–water partition coefficient (Wildman–Crippen LogP) is 2.74. The molecule has 2 rings (SSSR count). The van der Waals surface area contributed by atoms with Crippen molar-refractivity contribution in [2.24, 2.45) is 0 Å². The van der Waals surface area contributed by atoms with Crippen LogP contribution in [0.1, 0.15) is 18.4 Å². The molecule has 0 aliphatic rings. The largest absolute Gasteiger partial charge is 0.396 e. The lowest BCUT2D eigenvalue weighted by Gasteiger charge is -2.07. The second kappa shape index (κ2) is 7.14. The van der Waals surface area contributed by atoms with Gasteiger partial charge in [-0.05, 0) is 48.7 Å². The Bertz CT molecular complexity index is 476. The second-order valence-electron chi connectivity index (χ2n) is 4.57. The van der Waals surface area contributed by atoms with Crippen molar-refractivity contribution in [3.05, 3.63) is 48.0 Å². The number of nitrogens with one attached hydrogen (secondary N) is 1. The van der Waals surface area contributed by atoms with E-state index in [4.69, 9.17) is 5.11 Å². The van der Waals surface area contributed by atoms with Gasteiger partial charge in [0.2, 0.25) is 0 Å². The molecule has 2 aromatic carbocycles. The molecule has 0 heterocycles. The van der Waals surface area contributed by atoms with E-state index in [1.165, 1.54) is 16.3 Å². The minimum absolute atomic E-state index is 0.297. The Morgan fingerprint density at radius 3 is 2.61 bits per heavy atom. The van der Waals surface area contributed by atoms with Crippen LogP contribution < -0.4 is 5.32 Å². The van der Waals surface area contributed by atoms with Crippen LogP contribution in [0.2, 0.25) is 0 Å². The van der Waals surface area contributed by atoms with E-state index in [0.29, 0.717) is 6.61 Å². The summed E-state index contributed by atoms with van der Waals surface area (Å²) in [5, 5.41) is 14.8. The Labute approximate surface area is 109 Å². The summed E-state index contributed by atoms with van der Waals surface area (Å²) < 4.78 is 0. The van der Waals surface area contributed by atoms with Crippen LogP contribution >= 0.6 is 0 Å². The number of rotatable bonds is 7. The van der Waals surface area contributed by atoms with E-state index in [9.17, 15) is 0 Å². The van der Waals surface area contributed by atoms with E-state index < -0.39 is 0 Å². The van der Waals surface area contributed by atoms with Crippen LogP contribution in [0.25, 0.3) is 10.8 Å².